The van der Waals surface area contributed by atoms with Gasteiger partial charge in [-0.25, -0.2) is 0 Å². The number of unbranched alkanes of at least 4 members (excludes halogenated alkanes) is 1. The minimum atomic E-state index is 0.628. The number of hydrogen-bond acceptors (Lipinski definition) is 2. The molecule has 0 aliphatic heterocycles. The zero-order valence-corrected chi connectivity index (χ0v) is 6.11. The maximum absolute atomic E-state index is 7.31. The van der Waals surface area contributed by atoms with Gasteiger partial charge in [-0.3, -0.25) is 0 Å². The largest absolute Gasteiger partial charge is 0.330 e. The molecule has 0 aromatic carbocycles. The second-order valence-electron chi connectivity index (χ2n) is 2.25. The second-order valence-corrected chi connectivity index (χ2v) is 2.25. The monoisotopic (exact) mass is 128 g/mol. The summed E-state index contributed by atoms with van der Waals surface area (Å²) in [4.78, 5) is 0. The third kappa shape index (κ3) is 5.50. The van der Waals surface area contributed by atoms with Crippen LogP contribution in [0.15, 0.2) is 0 Å². The van der Waals surface area contributed by atoms with E-state index in [4.69, 9.17) is 11.1 Å². The number of hydrogen-bond donors (Lipinski definition) is 2. The molecule has 2 heteroatoms. The van der Waals surface area contributed by atoms with Crippen molar-refractivity contribution in [1.29, 1.82) is 5.41 Å². The normalized spacial score (nSPS) is 9.56. The standard InChI is InChI=1S/C7H16N2/c1-2-3-4-7(9)5-6-8/h9H,2-6,8H2,1H3. The zero-order valence-electron chi connectivity index (χ0n) is 6.11. The van der Waals surface area contributed by atoms with Crippen molar-refractivity contribution in [3.05, 3.63) is 0 Å². The smallest absolute Gasteiger partial charge is 0.0102 e. The lowest BCUT2D eigenvalue weighted by Crippen LogP contribution is -2.06. The first-order valence-electron chi connectivity index (χ1n) is 3.57. The Hall–Kier alpha value is -0.370. The summed E-state index contributed by atoms with van der Waals surface area (Å²) < 4.78 is 0. The molecule has 3 N–H and O–H groups in total. The predicted octanol–water partition coefficient (Wildman–Crippen LogP) is 1.55. The highest BCUT2D eigenvalue weighted by atomic mass is 14.5. The van der Waals surface area contributed by atoms with Crippen LogP contribution < -0.4 is 5.73 Å². The van der Waals surface area contributed by atoms with E-state index in [0.29, 0.717) is 6.54 Å². The molecule has 0 rings (SSSR count). The lowest BCUT2D eigenvalue weighted by atomic mass is 10.1. The van der Waals surface area contributed by atoms with E-state index in [2.05, 4.69) is 6.92 Å². The molecule has 0 heterocycles. The zero-order chi connectivity index (χ0) is 7.11. The predicted molar refractivity (Wildman–Crippen MR) is 40.9 cm³/mol. The van der Waals surface area contributed by atoms with Gasteiger partial charge >= 0.3 is 0 Å². The van der Waals surface area contributed by atoms with E-state index < -0.39 is 0 Å². The van der Waals surface area contributed by atoms with Crippen molar-refractivity contribution in [2.24, 2.45) is 5.73 Å². The first-order valence-corrected chi connectivity index (χ1v) is 3.57. The molecule has 0 bridgehead atoms. The topological polar surface area (TPSA) is 49.9 Å². The van der Waals surface area contributed by atoms with Crippen LogP contribution in [0.25, 0.3) is 0 Å². The third-order valence-electron chi connectivity index (χ3n) is 1.28. The molecule has 0 saturated heterocycles. The molecule has 2 nitrogen and oxygen atoms in total. The second kappa shape index (κ2) is 5.76. The lowest BCUT2D eigenvalue weighted by molar-refractivity contribution is 0.816. The molecule has 0 fully saturated rings. The summed E-state index contributed by atoms with van der Waals surface area (Å²) in [6, 6.07) is 0. The van der Waals surface area contributed by atoms with Gasteiger partial charge in [0.1, 0.15) is 0 Å². The van der Waals surface area contributed by atoms with Crippen LogP contribution in [-0.4, -0.2) is 12.3 Å². The highest BCUT2D eigenvalue weighted by Crippen LogP contribution is 1.97. The van der Waals surface area contributed by atoms with Crippen LogP contribution in [0.1, 0.15) is 32.6 Å². The molecule has 0 aliphatic rings. The van der Waals surface area contributed by atoms with Crippen LogP contribution in [0.3, 0.4) is 0 Å². The Labute approximate surface area is 57.0 Å². The van der Waals surface area contributed by atoms with Gasteiger partial charge in [0.05, 0.1) is 0 Å². The van der Waals surface area contributed by atoms with Crippen molar-refractivity contribution in [1.82, 2.24) is 0 Å². The fourth-order valence-electron chi connectivity index (χ4n) is 0.689. The maximum Gasteiger partial charge on any atom is 0.0102 e. The van der Waals surface area contributed by atoms with E-state index in [0.717, 1.165) is 25.0 Å². The van der Waals surface area contributed by atoms with E-state index in [1.165, 1.54) is 6.42 Å². The Morgan fingerprint density at radius 1 is 1.44 bits per heavy atom. The van der Waals surface area contributed by atoms with Crippen LogP contribution in [0.2, 0.25) is 0 Å². The van der Waals surface area contributed by atoms with E-state index in [1.807, 2.05) is 0 Å². The minimum Gasteiger partial charge on any atom is -0.330 e. The summed E-state index contributed by atoms with van der Waals surface area (Å²) in [5, 5.41) is 7.31. The first kappa shape index (κ1) is 8.63. The van der Waals surface area contributed by atoms with Crippen molar-refractivity contribution in [3.8, 4) is 0 Å². The van der Waals surface area contributed by atoms with Gasteiger partial charge in [0, 0.05) is 5.71 Å². The quantitative estimate of drug-likeness (QED) is 0.542. The van der Waals surface area contributed by atoms with Crippen molar-refractivity contribution in [3.63, 3.8) is 0 Å². The molecule has 9 heavy (non-hydrogen) atoms. The average molecular weight is 128 g/mol. The number of nitrogens with one attached hydrogen (secondary N) is 1. The molecule has 0 unspecified atom stereocenters. The van der Waals surface area contributed by atoms with Gasteiger partial charge in [0.25, 0.3) is 0 Å². The highest BCUT2D eigenvalue weighted by Gasteiger charge is 1.92. The fraction of sp³-hybridized carbons (Fsp3) is 0.857. The van der Waals surface area contributed by atoms with Crippen LogP contribution >= 0.6 is 0 Å². The Balaban J connectivity index is 3.06. The van der Waals surface area contributed by atoms with E-state index in [-0.39, 0.29) is 0 Å². The molecule has 0 radical (unpaired) electrons. The van der Waals surface area contributed by atoms with Crippen LogP contribution in [-0.2, 0) is 0 Å². The van der Waals surface area contributed by atoms with Gasteiger partial charge < -0.3 is 11.1 Å². The van der Waals surface area contributed by atoms with Crippen molar-refractivity contribution in [2.45, 2.75) is 32.6 Å². The van der Waals surface area contributed by atoms with Gasteiger partial charge in [-0.1, -0.05) is 13.3 Å². The number of nitrogens with two attached hydrogens (primary N) is 1. The van der Waals surface area contributed by atoms with Crippen LogP contribution in [0.4, 0.5) is 0 Å². The Morgan fingerprint density at radius 3 is 2.56 bits per heavy atom. The van der Waals surface area contributed by atoms with Crippen LogP contribution in [0, 0.1) is 5.41 Å². The van der Waals surface area contributed by atoms with Gasteiger partial charge in [-0.15, -0.1) is 0 Å². The maximum atomic E-state index is 7.31. The summed E-state index contributed by atoms with van der Waals surface area (Å²) >= 11 is 0. The summed E-state index contributed by atoms with van der Waals surface area (Å²) in [5.41, 5.74) is 6.07. The summed E-state index contributed by atoms with van der Waals surface area (Å²) in [7, 11) is 0. The van der Waals surface area contributed by atoms with Gasteiger partial charge in [-0.05, 0) is 25.8 Å². The molecule has 0 aromatic rings. The summed E-state index contributed by atoms with van der Waals surface area (Å²) in [5.74, 6) is 0. The average Bonchev–Trinajstić information content (AvgIpc) is 1.85. The summed E-state index contributed by atoms with van der Waals surface area (Å²) in [6.45, 7) is 2.76. The molecule has 0 aromatic heterocycles. The first-order chi connectivity index (χ1) is 4.31. The highest BCUT2D eigenvalue weighted by molar-refractivity contribution is 5.81. The third-order valence-corrected chi connectivity index (χ3v) is 1.28. The molecule has 0 atom stereocenters. The van der Waals surface area contributed by atoms with E-state index in [9.17, 15) is 0 Å². The SMILES string of the molecule is CCCCC(=N)CCN. The van der Waals surface area contributed by atoms with E-state index in [1.54, 1.807) is 0 Å². The van der Waals surface area contributed by atoms with Gasteiger partial charge in [0.15, 0.2) is 0 Å². The lowest BCUT2D eigenvalue weighted by Gasteiger charge is -1.97. The molecule has 0 spiro atoms. The number of rotatable bonds is 5. The molecule has 0 amide bonds. The van der Waals surface area contributed by atoms with Crippen molar-refractivity contribution in [2.75, 3.05) is 6.54 Å². The summed E-state index contributed by atoms with van der Waals surface area (Å²) in [6.07, 6.45) is 4.03. The molecular weight excluding hydrogens is 112 g/mol. The Bertz CT molecular complexity index is 79.0. The van der Waals surface area contributed by atoms with Crippen LogP contribution in [0.5, 0.6) is 0 Å². The van der Waals surface area contributed by atoms with Crippen molar-refractivity contribution < 1.29 is 0 Å². The molecule has 0 aliphatic carbocycles. The van der Waals surface area contributed by atoms with E-state index >= 15 is 0 Å². The molecule has 54 valence electrons. The Kier molecular flexibility index (Phi) is 5.52. The minimum absolute atomic E-state index is 0.628. The van der Waals surface area contributed by atoms with Gasteiger partial charge in [0.2, 0.25) is 0 Å². The molecular formula is C7H16N2. The van der Waals surface area contributed by atoms with Crippen molar-refractivity contribution >= 4 is 5.71 Å². The Morgan fingerprint density at radius 2 is 2.11 bits per heavy atom. The van der Waals surface area contributed by atoms with Gasteiger partial charge in [-0.2, -0.15) is 0 Å². The fourth-order valence-corrected chi connectivity index (χ4v) is 0.689. The molecule has 0 saturated carbocycles.